The number of amides is 1. The molecule has 0 saturated carbocycles. The molecule has 3 rings (SSSR count). The van der Waals surface area contributed by atoms with E-state index in [1.165, 1.54) is 25.3 Å². The van der Waals surface area contributed by atoms with Crippen molar-refractivity contribution in [2.45, 2.75) is 6.54 Å². The van der Waals surface area contributed by atoms with Gasteiger partial charge in [-0.1, -0.05) is 30.3 Å². The maximum Gasteiger partial charge on any atom is 0.255 e. The molecule has 2 N–H and O–H groups in total. The van der Waals surface area contributed by atoms with Gasteiger partial charge in [0, 0.05) is 30.1 Å². The van der Waals surface area contributed by atoms with Crippen molar-refractivity contribution in [1.29, 1.82) is 0 Å². The normalized spacial score (nSPS) is 11.2. The molecule has 154 valence electrons. The molecule has 0 aliphatic carbocycles. The van der Waals surface area contributed by atoms with Crippen molar-refractivity contribution in [3.05, 3.63) is 95.0 Å². The van der Waals surface area contributed by atoms with Crippen molar-refractivity contribution >= 4 is 27.7 Å². The highest BCUT2D eigenvalue weighted by atomic mass is 32.2. The van der Waals surface area contributed by atoms with Crippen molar-refractivity contribution in [1.82, 2.24) is 10.3 Å². The van der Waals surface area contributed by atoms with Crippen LogP contribution in [-0.2, 0) is 16.6 Å². The summed E-state index contributed by atoms with van der Waals surface area (Å²) in [6, 6.07) is 18.8. The van der Waals surface area contributed by atoms with E-state index >= 15 is 0 Å². The fourth-order valence-corrected chi connectivity index (χ4v) is 3.45. The number of methoxy groups -OCH3 is 1. The van der Waals surface area contributed by atoms with E-state index in [0.717, 1.165) is 16.5 Å². The quantitative estimate of drug-likeness (QED) is 0.579. The predicted molar refractivity (Wildman–Crippen MR) is 116 cm³/mol. The zero-order valence-corrected chi connectivity index (χ0v) is 17.1. The highest BCUT2D eigenvalue weighted by Gasteiger charge is 2.09. The van der Waals surface area contributed by atoms with Gasteiger partial charge >= 0.3 is 0 Å². The lowest BCUT2D eigenvalue weighted by Crippen LogP contribution is -2.22. The number of hydrogen-bond donors (Lipinski definition) is 2. The molecule has 0 saturated heterocycles. The van der Waals surface area contributed by atoms with Crippen LogP contribution < -0.4 is 14.8 Å². The number of benzene rings is 2. The van der Waals surface area contributed by atoms with Crippen LogP contribution in [0.3, 0.4) is 0 Å². The topological polar surface area (TPSA) is 97.4 Å². The van der Waals surface area contributed by atoms with Gasteiger partial charge in [0.15, 0.2) is 0 Å². The van der Waals surface area contributed by atoms with Gasteiger partial charge in [0.1, 0.15) is 0 Å². The number of aromatic nitrogens is 1. The van der Waals surface area contributed by atoms with Crippen molar-refractivity contribution in [2.75, 3.05) is 11.8 Å². The van der Waals surface area contributed by atoms with E-state index in [-0.39, 0.29) is 5.91 Å². The van der Waals surface area contributed by atoms with Crippen LogP contribution in [0.5, 0.6) is 5.88 Å². The molecule has 0 bridgehead atoms. The Bertz CT molecular complexity index is 1130. The summed E-state index contributed by atoms with van der Waals surface area (Å²) < 4.78 is 31.9. The molecule has 2 aromatic carbocycles. The molecule has 1 amide bonds. The number of sulfonamides is 1. The number of hydrogen-bond acceptors (Lipinski definition) is 5. The summed E-state index contributed by atoms with van der Waals surface area (Å²) >= 11 is 0. The largest absolute Gasteiger partial charge is 0.481 e. The summed E-state index contributed by atoms with van der Waals surface area (Å²) in [6.45, 7) is 0.316. The number of carbonyl (C=O) groups is 1. The van der Waals surface area contributed by atoms with Gasteiger partial charge in [-0.05, 0) is 47.5 Å². The van der Waals surface area contributed by atoms with Crippen LogP contribution in [0.15, 0.2) is 78.3 Å². The van der Waals surface area contributed by atoms with Crippen LogP contribution in [0.2, 0.25) is 0 Å². The minimum atomic E-state index is -3.67. The lowest BCUT2D eigenvalue weighted by atomic mass is 10.2. The number of pyridine rings is 1. The second kappa shape index (κ2) is 9.71. The van der Waals surface area contributed by atoms with Crippen LogP contribution in [0.4, 0.5) is 5.69 Å². The Balaban J connectivity index is 1.58. The number of anilines is 1. The van der Waals surface area contributed by atoms with Crippen LogP contribution in [0.25, 0.3) is 6.08 Å². The molecular weight excluding hydrogens is 402 g/mol. The molecule has 0 unspecified atom stereocenters. The Morgan fingerprint density at radius 1 is 1.07 bits per heavy atom. The lowest BCUT2D eigenvalue weighted by Gasteiger charge is -2.08. The van der Waals surface area contributed by atoms with E-state index in [9.17, 15) is 13.2 Å². The second-order valence-electron chi connectivity index (χ2n) is 6.33. The number of ether oxygens (including phenoxy) is 1. The zero-order chi connectivity index (χ0) is 21.4. The molecule has 1 aromatic heterocycles. The third kappa shape index (κ3) is 6.18. The molecule has 0 atom stereocenters. The maximum absolute atomic E-state index is 12.3. The minimum Gasteiger partial charge on any atom is -0.481 e. The molecule has 3 aromatic rings. The monoisotopic (exact) mass is 423 g/mol. The molecule has 0 fully saturated rings. The fraction of sp³-hybridized carbons (Fsp3) is 0.0909. The van der Waals surface area contributed by atoms with Crippen LogP contribution in [-0.4, -0.2) is 26.4 Å². The molecule has 30 heavy (non-hydrogen) atoms. The minimum absolute atomic E-state index is 0.274. The third-order valence-corrected chi connectivity index (χ3v) is 5.12. The van der Waals surface area contributed by atoms with E-state index in [1.807, 2.05) is 30.3 Å². The molecule has 1 heterocycles. The van der Waals surface area contributed by atoms with Gasteiger partial charge in [0.05, 0.1) is 12.5 Å². The number of nitrogens with zero attached hydrogens (tertiary/aromatic N) is 1. The summed E-state index contributed by atoms with van der Waals surface area (Å²) in [5.74, 6) is 0.198. The summed E-state index contributed by atoms with van der Waals surface area (Å²) in [7, 11) is -2.14. The maximum atomic E-state index is 12.3. The van der Waals surface area contributed by atoms with Gasteiger partial charge in [-0.15, -0.1) is 0 Å². The average molecular weight is 423 g/mol. The SMILES string of the molecule is COc1cc(CNC(=O)c2ccc(NS(=O)(=O)/C=C/c3ccccc3)cc2)ccn1. The molecule has 0 aliphatic heterocycles. The molecular formula is C22H21N3O4S. The Hall–Kier alpha value is -3.65. The van der Waals surface area contributed by atoms with E-state index in [2.05, 4.69) is 15.0 Å². The summed E-state index contributed by atoms with van der Waals surface area (Å²) in [5, 5.41) is 3.90. The van der Waals surface area contributed by atoms with Gasteiger partial charge in [0.25, 0.3) is 15.9 Å². The lowest BCUT2D eigenvalue weighted by molar-refractivity contribution is 0.0951. The molecule has 0 spiro atoms. The second-order valence-corrected chi connectivity index (χ2v) is 7.89. The van der Waals surface area contributed by atoms with E-state index < -0.39 is 10.0 Å². The smallest absolute Gasteiger partial charge is 0.255 e. The Kier molecular flexibility index (Phi) is 6.82. The van der Waals surface area contributed by atoms with Crippen LogP contribution in [0.1, 0.15) is 21.5 Å². The van der Waals surface area contributed by atoms with Gasteiger partial charge in [-0.3, -0.25) is 9.52 Å². The van der Waals surface area contributed by atoms with E-state index in [0.29, 0.717) is 23.7 Å². The van der Waals surface area contributed by atoms with Gasteiger partial charge < -0.3 is 10.1 Å². The van der Waals surface area contributed by atoms with Gasteiger partial charge in [0.2, 0.25) is 5.88 Å². The standard InChI is InChI=1S/C22H21N3O4S/c1-29-21-15-18(11-13-23-21)16-24-22(26)19-7-9-20(10-8-19)25-30(27,28)14-12-17-5-3-2-4-6-17/h2-15,25H,16H2,1H3,(H,24,26)/b14-12+. The number of rotatable bonds is 8. The summed E-state index contributed by atoms with van der Waals surface area (Å²) in [4.78, 5) is 16.3. The first-order valence-corrected chi connectivity index (χ1v) is 10.6. The van der Waals surface area contributed by atoms with Crippen molar-refractivity contribution < 1.29 is 17.9 Å². The first kappa shape index (κ1) is 21.1. The third-order valence-electron chi connectivity index (χ3n) is 4.11. The van der Waals surface area contributed by atoms with Gasteiger partial charge in [-0.25, -0.2) is 13.4 Å². The summed E-state index contributed by atoms with van der Waals surface area (Å²) in [5.41, 5.74) is 2.41. The molecule has 0 aliphatic rings. The Morgan fingerprint density at radius 2 is 1.80 bits per heavy atom. The fourth-order valence-electron chi connectivity index (χ4n) is 2.58. The van der Waals surface area contributed by atoms with Crippen molar-refractivity contribution in [3.8, 4) is 5.88 Å². The van der Waals surface area contributed by atoms with Gasteiger partial charge in [-0.2, -0.15) is 0 Å². The van der Waals surface area contributed by atoms with Crippen LogP contribution >= 0.6 is 0 Å². The van der Waals surface area contributed by atoms with Crippen molar-refractivity contribution in [2.24, 2.45) is 0 Å². The predicted octanol–water partition coefficient (Wildman–Crippen LogP) is 3.43. The Morgan fingerprint density at radius 3 is 2.50 bits per heavy atom. The summed E-state index contributed by atoms with van der Waals surface area (Å²) in [6.07, 6.45) is 3.12. The molecule has 7 nitrogen and oxygen atoms in total. The highest BCUT2D eigenvalue weighted by Crippen LogP contribution is 2.14. The highest BCUT2D eigenvalue weighted by molar-refractivity contribution is 7.95. The van der Waals surface area contributed by atoms with E-state index in [4.69, 9.17) is 4.74 Å². The Labute approximate surface area is 175 Å². The molecule has 0 radical (unpaired) electrons. The van der Waals surface area contributed by atoms with Crippen molar-refractivity contribution in [3.63, 3.8) is 0 Å². The van der Waals surface area contributed by atoms with E-state index in [1.54, 1.807) is 30.5 Å². The molecule has 8 heteroatoms. The van der Waals surface area contributed by atoms with Crippen LogP contribution in [0, 0.1) is 0 Å². The first-order valence-electron chi connectivity index (χ1n) is 9.08. The average Bonchev–Trinajstić information content (AvgIpc) is 2.77. The number of carbonyl (C=O) groups excluding carboxylic acids is 1. The first-order chi connectivity index (χ1) is 14.4. The zero-order valence-electron chi connectivity index (χ0n) is 16.3. The number of nitrogens with one attached hydrogen (secondary N) is 2.